The molecule has 0 bridgehead atoms. The molecule has 0 nitrogen and oxygen atoms in total. The van der Waals surface area contributed by atoms with Crippen LogP contribution in [0.15, 0.2) is 70.5 Å². The van der Waals surface area contributed by atoms with Gasteiger partial charge in [0.2, 0.25) is 0 Å². The van der Waals surface area contributed by atoms with Crippen molar-refractivity contribution in [1.82, 2.24) is 0 Å². The van der Waals surface area contributed by atoms with Crippen molar-refractivity contribution in [2.75, 3.05) is 11.5 Å². The number of hydrogen-bond acceptors (Lipinski definition) is 2. The first kappa shape index (κ1) is 13.6. The molecular weight excluding hydrogens is 280 g/mol. The molecule has 0 atom stereocenters. The molecular formula is C18H16S2. The molecule has 2 heteroatoms. The maximum atomic E-state index is 2.20. The van der Waals surface area contributed by atoms with Crippen molar-refractivity contribution >= 4 is 35.7 Å². The predicted molar refractivity (Wildman–Crippen MR) is 92.4 cm³/mol. The Kier molecular flexibility index (Phi) is 4.67. The van der Waals surface area contributed by atoms with Gasteiger partial charge in [0.05, 0.1) is 0 Å². The Hall–Kier alpha value is -1.38. The van der Waals surface area contributed by atoms with E-state index in [1.54, 1.807) is 0 Å². The molecule has 0 saturated carbocycles. The van der Waals surface area contributed by atoms with Gasteiger partial charge < -0.3 is 0 Å². The van der Waals surface area contributed by atoms with E-state index in [0.29, 0.717) is 0 Å². The normalized spacial score (nSPS) is 14.8. The van der Waals surface area contributed by atoms with E-state index in [0.717, 1.165) is 11.5 Å². The number of rotatable bonds is 0. The van der Waals surface area contributed by atoms with Crippen molar-refractivity contribution in [2.45, 2.75) is 9.79 Å². The number of hydrogen-bond donors (Lipinski definition) is 0. The molecule has 0 aromatic heterocycles. The third kappa shape index (κ3) is 3.38. The van der Waals surface area contributed by atoms with Gasteiger partial charge in [0.15, 0.2) is 0 Å². The smallest absolute Gasteiger partial charge is 0.0164 e. The lowest BCUT2D eigenvalue weighted by Gasteiger charge is -2.07. The van der Waals surface area contributed by atoms with Crippen LogP contribution in [0.1, 0.15) is 11.1 Å². The molecule has 2 aliphatic rings. The summed E-state index contributed by atoms with van der Waals surface area (Å²) in [7, 11) is 0. The highest BCUT2D eigenvalue weighted by Crippen LogP contribution is 2.28. The van der Waals surface area contributed by atoms with Gasteiger partial charge in [-0.1, -0.05) is 60.7 Å². The summed E-state index contributed by atoms with van der Waals surface area (Å²) in [6, 6.07) is 17.0. The molecule has 100 valence electrons. The second-order valence-corrected chi connectivity index (χ2v) is 6.63. The van der Waals surface area contributed by atoms with Crippen LogP contribution in [0.4, 0.5) is 0 Å². The average molecular weight is 296 g/mol. The Morgan fingerprint density at radius 3 is 1.50 bits per heavy atom. The van der Waals surface area contributed by atoms with Crippen LogP contribution in [-0.2, 0) is 0 Å². The van der Waals surface area contributed by atoms with Gasteiger partial charge in [-0.3, -0.25) is 0 Å². The molecule has 4 rings (SSSR count). The first-order valence-electron chi connectivity index (χ1n) is 6.70. The van der Waals surface area contributed by atoms with Crippen molar-refractivity contribution in [2.24, 2.45) is 0 Å². The maximum absolute atomic E-state index is 2.20. The van der Waals surface area contributed by atoms with Gasteiger partial charge in [-0.15, -0.1) is 23.5 Å². The molecule has 0 unspecified atom stereocenters. The molecule has 2 aromatic carbocycles. The second kappa shape index (κ2) is 6.87. The minimum absolute atomic E-state index is 1.12. The SMILES string of the molecule is C1=Cc2ccccc2SC1.C1=Cc2ccccc2SC1. The van der Waals surface area contributed by atoms with Gasteiger partial charge >= 0.3 is 0 Å². The number of fused-ring (bicyclic) bond motifs is 2. The van der Waals surface area contributed by atoms with Crippen molar-refractivity contribution in [3.8, 4) is 0 Å². The van der Waals surface area contributed by atoms with Crippen LogP contribution >= 0.6 is 23.5 Å². The predicted octanol–water partition coefficient (Wildman–Crippen LogP) is 5.61. The zero-order chi connectivity index (χ0) is 13.6. The summed E-state index contributed by atoms with van der Waals surface area (Å²) in [4.78, 5) is 2.81. The molecule has 0 aliphatic carbocycles. The van der Waals surface area contributed by atoms with E-state index in [9.17, 15) is 0 Å². The van der Waals surface area contributed by atoms with Gasteiger partial charge in [0, 0.05) is 21.3 Å². The van der Waals surface area contributed by atoms with Crippen LogP contribution in [0.3, 0.4) is 0 Å². The third-order valence-corrected chi connectivity index (χ3v) is 5.19. The van der Waals surface area contributed by atoms with E-state index < -0.39 is 0 Å². The lowest BCUT2D eigenvalue weighted by atomic mass is 10.2. The molecule has 0 N–H and O–H groups in total. The van der Waals surface area contributed by atoms with Gasteiger partial charge in [0.1, 0.15) is 0 Å². The van der Waals surface area contributed by atoms with E-state index >= 15 is 0 Å². The van der Waals surface area contributed by atoms with E-state index in [1.165, 1.54) is 20.9 Å². The average Bonchev–Trinajstić information content (AvgIpc) is 2.56. The van der Waals surface area contributed by atoms with Crippen molar-refractivity contribution in [1.29, 1.82) is 0 Å². The van der Waals surface area contributed by atoms with Crippen LogP contribution in [0.25, 0.3) is 12.2 Å². The highest BCUT2D eigenvalue weighted by atomic mass is 32.2. The van der Waals surface area contributed by atoms with E-state index in [1.807, 2.05) is 23.5 Å². The third-order valence-electron chi connectivity index (χ3n) is 3.10. The van der Waals surface area contributed by atoms with Gasteiger partial charge in [-0.2, -0.15) is 0 Å². The molecule has 0 saturated heterocycles. The summed E-state index contributed by atoms with van der Waals surface area (Å²) in [5.41, 5.74) is 2.72. The quantitative estimate of drug-likeness (QED) is 0.619. The van der Waals surface area contributed by atoms with Crippen molar-refractivity contribution in [3.05, 3.63) is 71.8 Å². The molecule has 2 aliphatic heterocycles. The van der Waals surface area contributed by atoms with Crippen LogP contribution < -0.4 is 0 Å². The Morgan fingerprint density at radius 1 is 0.600 bits per heavy atom. The van der Waals surface area contributed by atoms with E-state index in [4.69, 9.17) is 0 Å². The lowest BCUT2D eigenvalue weighted by Crippen LogP contribution is -1.84. The molecule has 20 heavy (non-hydrogen) atoms. The second-order valence-electron chi connectivity index (χ2n) is 4.50. The van der Waals surface area contributed by atoms with Gasteiger partial charge in [-0.25, -0.2) is 0 Å². The molecule has 2 aromatic rings. The standard InChI is InChI=1S/2C9H8S/c2*1-2-6-9-8(4-1)5-3-7-10-9/h2*1-6H,7H2. The summed E-state index contributed by atoms with van der Waals surface area (Å²) in [6.45, 7) is 0. The Balaban J connectivity index is 0.000000121. The lowest BCUT2D eigenvalue weighted by molar-refractivity contribution is 1.40. The van der Waals surface area contributed by atoms with E-state index in [-0.39, 0.29) is 0 Å². The Labute approximate surface area is 129 Å². The van der Waals surface area contributed by atoms with Crippen molar-refractivity contribution in [3.63, 3.8) is 0 Å². The largest absolute Gasteiger partial charge is 0.121 e. The fourth-order valence-electron chi connectivity index (χ4n) is 2.13. The highest BCUT2D eigenvalue weighted by molar-refractivity contribution is 7.99. The zero-order valence-electron chi connectivity index (χ0n) is 11.2. The molecule has 0 spiro atoms. The molecule has 2 heterocycles. The number of thioether (sulfide) groups is 2. The fourth-order valence-corrected chi connectivity index (χ4v) is 3.82. The summed E-state index contributed by atoms with van der Waals surface area (Å²) in [5, 5.41) is 0. The molecule has 0 fully saturated rings. The maximum Gasteiger partial charge on any atom is 0.0164 e. The minimum Gasteiger partial charge on any atom is -0.121 e. The summed E-state index contributed by atoms with van der Waals surface area (Å²) in [6.07, 6.45) is 8.78. The van der Waals surface area contributed by atoms with Crippen LogP contribution in [0, 0.1) is 0 Å². The summed E-state index contributed by atoms with van der Waals surface area (Å²) in [5.74, 6) is 2.24. The van der Waals surface area contributed by atoms with Crippen LogP contribution in [0.5, 0.6) is 0 Å². The monoisotopic (exact) mass is 296 g/mol. The number of benzene rings is 2. The van der Waals surface area contributed by atoms with Crippen LogP contribution in [-0.4, -0.2) is 11.5 Å². The summed E-state index contributed by atoms with van der Waals surface area (Å²) < 4.78 is 0. The van der Waals surface area contributed by atoms with Gasteiger partial charge in [-0.05, 0) is 23.3 Å². The Morgan fingerprint density at radius 2 is 1.05 bits per heavy atom. The van der Waals surface area contributed by atoms with Crippen molar-refractivity contribution < 1.29 is 0 Å². The van der Waals surface area contributed by atoms with Crippen LogP contribution in [0.2, 0.25) is 0 Å². The first-order chi connectivity index (χ1) is 9.93. The Bertz CT molecular complexity index is 584. The van der Waals surface area contributed by atoms with E-state index in [2.05, 4.69) is 72.8 Å². The van der Waals surface area contributed by atoms with Gasteiger partial charge in [0.25, 0.3) is 0 Å². The summed E-state index contributed by atoms with van der Waals surface area (Å²) >= 11 is 3.80. The minimum atomic E-state index is 1.12. The topological polar surface area (TPSA) is 0 Å². The molecule has 0 amide bonds. The molecule has 0 radical (unpaired) electrons. The fraction of sp³-hybridized carbons (Fsp3) is 0.111. The first-order valence-corrected chi connectivity index (χ1v) is 8.67. The zero-order valence-corrected chi connectivity index (χ0v) is 12.8. The highest BCUT2D eigenvalue weighted by Gasteiger charge is 2.01.